The second-order valence-electron chi connectivity index (χ2n) is 8.23. The molecule has 5 rings (SSSR count). The van der Waals surface area contributed by atoms with E-state index in [0.717, 1.165) is 29.8 Å². The first-order valence-corrected chi connectivity index (χ1v) is 12.2. The molecule has 0 saturated heterocycles. The van der Waals surface area contributed by atoms with Gasteiger partial charge < -0.3 is 4.90 Å². The van der Waals surface area contributed by atoms with Gasteiger partial charge in [-0.1, -0.05) is 62.4 Å². The number of carbonyl (C=O) groups is 2. The van der Waals surface area contributed by atoms with Crippen molar-refractivity contribution in [1.29, 1.82) is 0 Å². The molecule has 2 aromatic carbocycles. The van der Waals surface area contributed by atoms with E-state index in [1.54, 1.807) is 4.90 Å². The van der Waals surface area contributed by atoms with Crippen LogP contribution in [0.25, 0.3) is 0 Å². The number of anilines is 1. The van der Waals surface area contributed by atoms with Crippen molar-refractivity contribution in [2.45, 2.75) is 50.8 Å². The first-order chi connectivity index (χ1) is 15.6. The first-order valence-electron chi connectivity index (χ1n) is 11.3. The molecule has 3 heterocycles. The topological polar surface area (TPSA) is 65.3 Å². The molecule has 0 aromatic heterocycles. The maximum absolute atomic E-state index is 13.5. The Balaban J connectivity index is 1.46. The number of hydrogen-bond donors (Lipinski definition) is 0. The number of para-hydroxylation sites is 2. The lowest BCUT2D eigenvalue weighted by Crippen LogP contribution is -2.43. The average molecular weight is 447 g/mol. The summed E-state index contributed by atoms with van der Waals surface area (Å²) in [4.78, 5) is 39.8. The SMILES string of the molecule is CCC[C@@H]1N=C2c3ccccc3N=C(S[C@H](CC)C(=O)N3CCc4ccccc43)N2C1=O. The Morgan fingerprint density at radius 2 is 1.94 bits per heavy atom. The van der Waals surface area contributed by atoms with Crippen LogP contribution in [-0.4, -0.2) is 45.6 Å². The van der Waals surface area contributed by atoms with Gasteiger partial charge in [-0.2, -0.15) is 0 Å². The van der Waals surface area contributed by atoms with Crippen molar-refractivity contribution in [2.24, 2.45) is 9.98 Å². The highest BCUT2D eigenvalue weighted by molar-refractivity contribution is 8.15. The third-order valence-corrected chi connectivity index (χ3v) is 7.46. The largest absolute Gasteiger partial charge is 0.311 e. The number of amides is 2. The van der Waals surface area contributed by atoms with Crippen molar-refractivity contribution in [3.63, 3.8) is 0 Å². The van der Waals surface area contributed by atoms with Crippen molar-refractivity contribution in [1.82, 2.24) is 4.90 Å². The van der Waals surface area contributed by atoms with Crippen LogP contribution >= 0.6 is 11.8 Å². The number of fused-ring (bicyclic) bond motifs is 4. The van der Waals surface area contributed by atoms with E-state index in [2.05, 4.69) is 13.0 Å². The van der Waals surface area contributed by atoms with E-state index < -0.39 is 0 Å². The molecular formula is C25H26N4O2S. The summed E-state index contributed by atoms with van der Waals surface area (Å²) in [5, 5.41) is 0.225. The lowest BCUT2D eigenvalue weighted by molar-refractivity contribution is -0.124. The fraction of sp³-hybridized carbons (Fsp3) is 0.360. The molecule has 0 bridgehead atoms. The molecule has 2 aromatic rings. The quantitative estimate of drug-likeness (QED) is 0.677. The van der Waals surface area contributed by atoms with Gasteiger partial charge in [0.2, 0.25) is 5.91 Å². The van der Waals surface area contributed by atoms with Crippen LogP contribution in [0.2, 0.25) is 0 Å². The lowest BCUT2D eigenvalue weighted by atomic mass is 10.1. The Hall–Kier alpha value is -2.93. The minimum atomic E-state index is -0.381. The number of nitrogens with zero attached hydrogens (tertiary/aromatic N) is 4. The molecule has 0 spiro atoms. The van der Waals surface area contributed by atoms with Gasteiger partial charge in [0.1, 0.15) is 11.9 Å². The zero-order valence-corrected chi connectivity index (χ0v) is 19.1. The van der Waals surface area contributed by atoms with Crippen molar-refractivity contribution in [3.8, 4) is 0 Å². The lowest BCUT2D eigenvalue weighted by Gasteiger charge is -2.29. The van der Waals surface area contributed by atoms with Gasteiger partial charge in [-0.15, -0.1) is 0 Å². The standard InChI is InChI=1S/C25H26N4O2S/c1-3-9-19-23(30)29-22(26-19)17-11-6-7-12-18(17)27-25(29)32-21(4-2)24(31)28-15-14-16-10-5-8-13-20(16)28/h5-8,10-13,19,21H,3-4,9,14-15H2,1-2H3/t19-,21+/m0/s1. The Bertz CT molecular complexity index is 1140. The summed E-state index contributed by atoms with van der Waals surface area (Å²) in [6.07, 6.45) is 3.11. The molecule has 0 radical (unpaired) electrons. The highest BCUT2D eigenvalue weighted by Gasteiger charge is 2.42. The van der Waals surface area contributed by atoms with Crippen molar-refractivity contribution >= 4 is 46.0 Å². The number of hydrogen-bond acceptors (Lipinski definition) is 5. The highest BCUT2D eigenvalue weighted by atomic mass is 32.2. The summed E-state index contributed by atoms with van der Waals surface area (Å²) >= 11 is 1.38. The number of thioether (sulfide) groups is 1. The molecule has 32 heavy (non-hydrogen) atoms. The molecule has 3 aliphatic rings. The minimum absolute atomic E-state index is 0.0450. The van der Waals surface area contributed by atoms with Crippen LogP contribution in [0.3, 0.4) is 0 Å². The molecule has 0 fully saturated rings. The van der Waals surface area contributed by atoms with E-state index in [4.69, 9.17) is 9.98 Å². The van der Waals surface area contributed by atoms with Crippen molar-refractivity contribution in [3.05, 3.63) is 59.7 Å². The zero-order valence-electron chi connectivity index (χ0n) is 18.3. The molecule has 6 nitrogen and oxygen atoms in total. The van der Waals surface area contributed by atoms with E-state index in [-0.39, 0.29) is 23.1 Å². The van der Waals surface area contributed by atoms with E-state index in [9.17, 15) is 9.59 Å². The van der Waals surface area contributed by atoms with Crippen molar-refractivity contribution in [2.75, 3.05) is 11.4 Å². The fourth-order valence-corrected chi connectivity index (χ4v) is 5.60. The van der Waals surface area contributed by atoms with E-state index >= 15 is 0 Å². The van der Waals surface area contributed by atoms with E-state index in [0.29, 0.717) is 30.4 Å². The number of carbonyl (C=O) groups excluding carboxylic acids is 2. The monoisotopic (exact) mass is 446 g/mol. The fourth-order valence-electron chi connectivity index (χ4n) is 4.52. The molecule has 2 atom stereocenters. The molecule has 2 amide bonds. The van der Waals surface area contributed by atoms with Gasteiger partial charge in [-0.3, -0.25) is 14.6 Å². The maximum Gasteiger partial charge on any atom is 0.259 e. The Labute approximate surface area is 192 Å². The summed E-state index contributed by atoms with van der Waals surface area (Å²) in [6, 6.07) is 15.5. The molecule has 3 aliphatic heterocycles. The molecule has 7 heteroatoms. The van der Waals surface area contributed by atoms with Gasteiger partial charge in [-0.05, 0) is 43.0 Å². The normalized spacial score (nSPS) is 19.8. The summed E-state index contributed by atoms with van der Waals surface area (Å²) in [5.74, 6) is 0.686. The van der Waals surface area contributed by atoms with E-state index in [1.807, 2.05) is 54.3 Å². The Morgan fingerprint density at radius 3 is 2.75 bits per heavy atom. The summed E-state index contributed by atoms with van der Waals surface area (Å²) in [7, 11) is 0. The Morgan fingerprint density at radius 1 is 1.16 bits per heavy atom. The van der Waals surface area contributed by atoms with Crippen LogP contribution in [0.1, 0.15) is 44.2 Å². The second-order valence-corrected chi connectivity index (χ2v) is 9.40. The number of aliphatic imine (C=N–C) groups is 2. The van der Waals surface area contributed by atoms with Gasteiger partial charge in [0.15, 0.2) is 5.17 Å². The highest BCUT2D eigenvalue weighted by Crippen LogP contribution is 2.37. The van der Waals surface area contributed by atoms with Gasteiger partial charge in [0, 0.05) is 17.8 Å². The number of benzene rings is 2. The van der Waals surface area contributed by atoms with Crippen LogP contribution in [0.5, 0.6) is 0 Å². The first kappa shape index (κ1) is 20.9. The smallest absolute Gasteiger partial charge is 0.259 e. The van der Waals surface area contributed by atoms with Crippen LogP contribution in [0.15, 0.2) is 58.5 Å². The van der Waals surface area contributed by atoms with Gasteiger partial charge in [0.05, 0.1) is 10.9 Å². The molecule has 0 saturated carbocycles. The minimum Gasteiger partial charge on any atom is -0.311 e. The molecule has 164 valence electrons. The van der Waals surface area contributed by atoms with Crippen LogP contribution in [0, 0.1) is 0 Å². The molecule has 0 aliphatic carbocycles. The third-order valence-electron chi connectivity index (χ3n) is 6.16. The van der Waals surface area contributed by atoms with Crippen LogP contribution < -0.4 is 4.90 Å². The molecule has 0 N–H and O–H groups in total. The zero-order chi connectivity index (χ0) is 22.2. The number of rotatable bonds is 5. The average Bonchev–Trinajstić information content (AvgIpc) is 3.39. The van der Waals surface area contributed by atoms with E-state index in [1.165, 1.54) is 17.3 Å². The van der Waals surface area contributed by atoms with Gasteiger partial charge in [0.25, 0.3) is 5.91 Å². The van der Waals surface area contributed by atoms with Crippen LogP contribution in [-0.2, 0) is 16.0 Å². The molecular weight excluding hydrogens is 420 g/mol. The second kappa shape index (κ2) is 8.54. The Kier molecular flexibility index (Phi) is 5.59. The predicted molar refractivity (Wildman–Crippen MR) is 130 cm³/mol. The number of amidine groups is 2. The molecule has 0 unspecified atom stereocenters. The van der Waals surface area contributed by atoms with Gasteiger partial charge >= 0.3 is 0 Å². The van der Waals surface area contributed by atoms with Crippen LogP contribution in [0.4, 0.5) is 11.4 Å². The van der Waals surface area contributed by atoms with Gasteiger partial charge in [-0.25, -0.2) is 9.89 Å². The predicted octanol–water partition coefficient (Wildman–Crippen LogP) is 4.55. The van der Waals surface area contributed by atoms with Crippen molar-refractivity contribution < 1.29 is 9.59 Å². The summed E-state index contributed by atoms with van der Waals surface area (Å²) in [6.45, 7) is 4.76. The summed E-state index contributed by atoms with van der Waals surface area (Å²) in [5.41, 5.74) is 3.87. The third kappa shape index (κ3) is 3.45. The maximum atomic E-state index is 13.5. The summed E-state index contributed by atoms with van der Waals surface area (Å²) < 4.78 is 0.